The summed E-state index contributed by atoms with van der Waals surface area (Å²) in [5, 5.41) is 0. The summed E-state index contributed by atoms with van der Waals surface area (Å²) < 4.78 is 6.98. The average Bonchev–Trinajstić information content (AvgIpc) is 2.96. The van der Waals surface area contributed by atoms with Gasteiger partial charge in [-0.15, -0.1) is 0 Å². The lowest BCUT2D eigenvalue weighted by Gasteiger charge is -2.10. The zero-order valence-electron chi connectivity index (χ0n) is 8.87. The molecule has 0 aliphatic carbocycles. The van der Waals surface area contributed by atoms with Gasteiger partial charge in [-0.2, -0.15) is 4.73 Å². The maximum atomic E-state index is 5.68. The number of rotatable bonds is 3. The maximum Gasteiger partial charge on any atom is 0.181 e. The van der Waals surface area contributed by atoms with Crippen molar-refractivity contribution in [3.8, 4) is 0 Å². The third kappa shape index (κ3) is 1.74. The molecule has 0 N–H and O–H groups in total. The fraction of sp³-hybridized carbons (Fsp3) is 0.455. The molecule has 2 aromatic heterocycles. The second-order valence-electron chi connectivity index (χ2n) is 3.94. The van der Waals surface area contributed by atoms with E-state index in [1.807, 2.05) is 12.1 Å². The van der Waals surface area contributed by atoms with Crippen LogP contribution in [0.3, 0.4) is 0 Å². The van der Waals surface area contributed by atoms with E-state index in [0.29, 0.717) is 18.2 Å². The Bertz CT molecular complexity index is 477. The van der Waals surface area contributed by atoms with Crippen LogP contribution in [0, 0.1) is 5.92 Å². The monoisotopic (exact) mass is 219 g/mol. The van der Waals surface area contributed by atoms with Crippen LogP contribution in [0.2, 0.25) is 0 Å². The Kier molecular flexibility index (Phi) is 2.46. The van der Waals surface area contributed by atoms with Gasteiger partial charge in [0.05, 0.1) is 6.61 Å². The van der Waals surface area contributed by atoms with Crippen molar-refractivity contribution in [2.75, 3.05) is 19.8 Å². The van der Waals surface area contributed by atoms with Gasteiger partial charge in [-0.25, -0.2) is 9.97 Å². The molecule has 84 valence electrons. The molecule has 0 bridgehead atoms. The predicted molar refractivity (Wildman–Crippen MR) is 57.9 cm³/mol. The van der Waals surface area contributed by atoms with Gasteiger partial charge in [0.25, 0.3) is 0 Å². The number of ether oxygens (including phenoxy) is 1. The van der Waals surface area contributed by atoms with Crippen molar-refractivity contribution in [2.24, 2.45) is 5.92 Å². The molecular weight excluding hydrogens is 206 g/mol. The summed E-state index contributed by atoms with van der Waals surface area (Å²) in [5.74, 6) is 0.495. The molecule has 0 spiro atoms. The number of hydrogen-bond acceptors (Lipinski definition) is 4. The molecule has 5 nitrogen and oxygen atoms in total. The van der Waals surface area contributed by atoms with Crippen LogP contribution in [0.1, 0.15) is 6.42 Å². The molecule has 3 rings (SSSR count). The highest BCUT2D eigenvalue weighted by atomic mass is 16.7. The number of fused-ring (bicyclic) bond motifs is 1. The summed E-state index contributed by atoms with van der Waals surface area (Å²) in [7, 11) is 0. The minimum atomic E-state index is 0.495. The quantitative estimate of drug-likeness (QED) is 0.769. The second kappa shape index (κ2) is 4.09. The molecule has 5 heteroatoms. The fourth-order valence-corrected chi connectivity index (χ4v) is 1.83. The van der Waals surface area contributed by atoms with Crippen molar-refractivity contribution in [2.45, 2.75) is 6.42 Å². The molecule has 16 heavy (non-hydrogen) atoms. The lowest BCUT2D eigenvalue weighted by Crippen LogP contribution is -2.19. The zero-order chi connectivity index (χ0) is 10.8. The maximum absolute atomic E-state index is 5.68. The van der Waals surface area contributed by atoms with Gasteiger partial charge in [0.2, 0.25) is 0 Å². The van der Waals surface area contributed by atoms with Crippen LogP contribution in [0.4, 0.5) is 0 Å². The third-order valence-electron chi connectivity index (χ3n) is 2.76. The van der Waals surface area contributed by atoms with E-state index in [-0.39, 0.29) is 0 Å². The first-order valence-corrected chi connectivity index (χ1v) is 5.42. The Balaban J connectivity index is 1.73. The Labute approximate surface area is 93.0 Å². The van der Waals surface area contributed by atoms with Crippen LogP contribution in [0.25, 0.3) is 11.2 Å². The molecule has 0 radical (unpaired) electrons. The van der Waals surface area contributed by atoms with Gasteiger partial charge in [-0.05, 0) is 18.6 Å². The highest BCUT2D eigenvalue weighted by molar-refractivity contribution is 5.69. The fourth-order valence-electron chi connectivity index (χ4n) is 1.83. The van der Waals surface area contributed by atoms with Crippen LogP contribution >= 0.6 is 0 Å². The van der Waals surface area contributed by atoms with Crippen LogP contribution < -0.4 is 4.84 Å². The molecule has 1 fully saturated rings. The molecule has 3 heterocycles. The standard InChI is InChI=1S/C11H13N3O2/c1-2-10-11(12-4-1)13-8-14(10)16-7-9-3-5-15-6-9/h1-2,4,8-9H,3,5-7H2. The summed E-state index contributed by atoms with van der Waals surface area (Å²) in [6.45, 7) is 2.31. The van der Waals surface area contributed by atoms with Crippen LogP contribution in [0.15, 0.2) is 24.7 Å². The van der Waals surface area contributed by atoms with Gasteiger partial charge in [0.15, 0.2) is 5.65 Å². The molecule has 1 unspecified atom stereocenters. The molecule has 1 aliphatic heterocycles. The third-order valence-corrected chi connectivity index (χ3v) is 2.76. The molecule has 1 atom stereocenters. The molecule has 1 saturated heterocycles. The number of imidazole rings is 1. The van der Waals surface area contributed by atoms with Crippen molar-refractivity contribution in [3.05, 3.63) is 24.7 Å². The lowest BCUT2D eigenvalue weighted by molar-refractivity contribution is 0.0799. The minimum absolute atomic E-state index is 0.495. The van der Waals surface area contributed by atoms with Gasteiger partial charge in [0, 0.05) is 18.7 Å². The highest BCUT2D eigenvalue weighted by Crippen LogP contribution is 2.12. The van der Waals surface area contributed by atoms with Gasteiger partial charge in [-0.3, -0.25) is 0 Å². The first kappa shape index (κ1) is 9.59. The van der Waals surface area contributed by atoms with Crippen LogP contribution in [0.5, 0.6) is 0 Å². The summed E-state index contributed by atoms with van der Waals surface area (Å²) in [6.07, 6.45) is 4.46. The second-order valence-corrected chi connectivity index (χ2v) is 3.94. The van der Waals surface area contributed by atoms with Crippen molar-refractivity contribution in [1.82, 2.24) is 14.7 Å². The number of nitrogens with zero attached hydrogens (tertiary/aromatic N) is 3. The van der Waals surface area contributed by atoms with Crippen molar-refractivity contribution >= 4 is 11.2 Å². The Morgan fingerprint density at radius 1 is 1.50 bits per heavy atom. The summed E-state index contributed by atoms with van der Waals surface area (Å²) in [6, 6.07) is 3.82. The number of hydrogen-bond donors (Lipinski definition) is 0. The summed E-state index contributed by atoms with van der Waals surface area (Å²) >= 11 is 0. The molecular formula is C11H13N3O2. The zero-order valence-corrected chi connectivity index (χ0v) is 8.87. The van der Waals surface area contributed by atoms with E-state index >= 15 is 0 Å². The van der Waals surface area contributed by atoms with Crippen molar-refractivity contribution < 1.29 is 9.57 Å². The summed E-state index contributed by atoms with van der Waals surface area (Å²) in [5.41, 5.74) is 1.62. The normalized spacial score (nSPS) is 20.4. The lowest BCUT2D eigenvalue weighted by atomic mass is 10.1. The molecule has 2 aromatic rings. The van der Waals surface area contributed by atoms with Gasteiger partial charge < -0.3 is 9.57 Å². The van der Waals surface area contributed by atoms with Gasteiger partial charge >= 0.3 is 0 Å². The first-order chi connectivity index (χ1) is 7.93. The highest BCUT2D eigenvalue weighted by Gasteiger charge is 2.16. The van der Waals surface area contributed by atoms with Crippen LogP contribution in [-0.2, 0) is 4.74 Å². The smallest absolute Gasteiger partial charge is 0.181 e. The van der Waals surface area contributed by atoms with Crippen LogP contribution in [-0.4, -0.2) is 34.5 Å². The Morgan fingerprint density at radius 3 is 3.38 bits per heavy atom. The Hall–Kier alpha value is -1.62. The number of aromatic nitrogens is 3. The van der Waals surface area contributed by atoms with E-state index in [9.17, 15) is 0 Å². The van der Waals surface area contributed by atoms with Gasteiger partial charge in [0.1, 0.15) is 18.5 Å². The predicted octanol–water partition coefficient (Wildman–Crippen LogP) is 0.896. The molecule has 0 saturated carbocycles. The largest absolute Gasteiger partial charge is 0.412 e. The van der Waals surface area contributed by atoms with E-state index in [4.69, 9.17) is 9.57 Å². The molecule has 0 amide bonds. The number of pyridine rings is 1. The Morgan fingerprint density at radius 2 is 2.50 bits per heavy atom. The average molecular weight is 219 g/mol. The van der Waals surface area contributed by atoms with Crippen molar-refractivity contribution in [3.63, 3.8) is 0 Å². The first-order valence-electron chi connectivity index (χ1n) is 5.42. The molecule has 1 aliphatic rings. The van der Waals surface area contributed by atoms with E-state index in [0.717, 1.165) is 25.2 Å². The summed E-state index contributed by atoms with van der Waals surface area (Å²) in [4.78, 5) is 14.0. The van der Waals surface area contributed by atoms with E-state index in [1.54, 1.807) is 17.3 Å². The van der Waals surface area contributed by atoms with E-state index < -0.39 is 0 Å². The van der Waals surface area contributed by atoms with E-state index in [1.165, 1.54) is 0 Å². The van der Waals surface area contributed by atoms with Gasteiger partial charge in [-0.1, -0.05) is 0 Å². The minimum Gasteiger partial charge on any atom is -0.412 e. The topological polar surface area (TPSA) is 49.2 Å². The van der Waals surface area contributed by atoms with Crippen molar-refractivity contribution in [1.29, 1.82) is 0 Å². The molecule has 0 aromatic carbocycles. The SMILES string of the molecule is c1cnc2ncn(OCC3CCOC3)c2c1. The van der Waals surface area contributed by atoms with E-state index in [2.05, 4.69) is 9.97 Å².